The number of carbonyl (C=O) groups is 1. The predicted octanol–water partition coefficient (Wildman–Crippen LogP) is 6.11. The number of ketones is 1. The SMILES string of the molecule is O=C(c1ccc(Cl)cc1)[C@@H]1[C@@H](c2ccccc2)C(C(F)(F)F)=NN1c1ccccc1. The zero-order valence-corrected chi connectivity index (χ0v) is 16.3. The second kappa shape index (κ2) is 7.95. The van der Waals surface area contributed by atoms with Crippen LogP contribution in [-0.4, -0.2) is 23.7 Å². The number of Topliss-reactive ketones (excluding diaryl/α,β-unsaturated/α-hetero) is 1. The third-order valence-electron chi connectivity index (χ3n) is 4.96. The first-order chi connectivity index (χ1) is 14.4. The van der Waals surface area contributed by atoms with Gasteiger partial charge in [-0.1, -0.05) is 60.1 Å². The molecule has 0 bridgehead atoms. The van der Waals surface area contributed by atoms with Crippen LogP contribution >= 0.6 is 11.6 Å². The van der Waals surface area contributed by atoms with Gasteiger partial charge in [-0.2, -0.15) is 18.3 Å². The lowest BCUT2D eigenvalue weighted by Crippen LogP contribution is -2.41. The summed E-state index contributed by atoms with van der Waals surface area (Å²) in [7, 11) is 0. The van der Waals surface area contributed by atoms with Crippen molar-refractivity contribution in [2.24, 2.45) is 5.10 Å². The Hall–Kier alpha value is -3.12. The lowest BCUT2D eigenvalue weighted by atomic mass is 9.83. The van der Waals surface area contributed by atoms with E-state index in [0.29, 0.717) is 16.3 Å². The number of hydrazone groups is 1. The fraction of sp³-hybridized carbons (Fsp3) is 0.130. The van der Waals surface area contributed by atoms with E-state index >= 15 is 0 Å². The summed E-state index contributed by atoms with van der Waals surface area (Å²) in [6.45, 7) is 0. The molecule has 4 rings (SSSR count). The molecule has 0 aliphatic carbocycles. The molecule has 30 heavy (non-hydrogen) atoms. The van der Waals surface area contributed by atoms with Crippen molar-refractivity contribution >= 4 is 28.8 Å². The minimum atomic E-state index is -4.69. The Morgan fingerprint density at radius 1 is 0.867 bits per heavy atom. The number of alkyl halides is 3. The average Bonchev–Trinajstić information content (AvgIpc) is 3.16. The van der Waals surface area contributed by atoms with E-state index in [9.17, 15) is 18.0 Å². The van der Waals surface area contributed by atoms with Gasteiger partial charge in [-0.3, -0.25) is 9.80 Å². The van der Waals surface area contributed by atoms with Crippen LogP contribution in [0.5, 0.6) is 0 Å². The molecule has 1 heterocycles. The minimum absolute atomic E-state index is 0.268. The molecular formula is C23H16ClF3N2O. The van der Waals surface area contributed by atoms with Gasteiger partial charge in [0.15, 0.2) is 11.5 Å². The summed E-state index contributed by atoms with van der Waals surface area (Å²) in [4.78, 5) is 13.5. The Morgan fingerprint density at radius 3 is 2.00 bits per heavy atom. The van der Waals surface area contributed by atoms with Crippen molar-refractivity contribution in [2.45, 2.75) is 18.1 Å². The highest BCUT2D eigenvalue weighted by atomic mass is 35.5. The first-order valence-electron chi connectivity index (χ1n) is 9.21. The van der Waals surface area contributed by atoms with E-state index in [1.54, 1.807) is 72.8 Å². The fourth-order valence-corrected chi connectivity index (χ4v) is 3.74. The van der Waals surface area contributed by atoms with Crippen LogP contribution in [0.2, 0.25) is 5.02 Å². The summed E-state index contributed by atoms with van der Waals surface area (Å²) >= 11 is 5.92. The Morgan fingerprint density at radius 2 is 1.43 bits per heavy atom. The fourth-order valence-electron chi connectivity index (χ4n) is 3.61. The molecule has 0 amide bonds. The predicted molar refractivity (Wildman–Crippen MR) is 111 cm³/mol. The smallest absolute Gasteiger partial charge is 0.292 e. The van der Waals surface area contributed by atoms with Crippen LogP contribution < -0.4 is 5.01 Å². The van der Waals surface area contributed by atoms with Gasteiger partial charge in [-0.25, -0.2) is 0 Å². The maximum Gasteiger partial charge on any atom is 0.431 e. The topological polar surface area (TPSA) is 32.7 Å². The number of anilines is 1. The molecule has 3 aromatic carbocycles. The summed E-state index contributed by atoms with van der Waals surface area (Å²) in [6.07, 6.45) is -4.69. The number of carbonyl (C=O) groups excluding carboxylic acids is 1. The quantitative estimate of drug-likeness (QED) is 0.469. The summed E-state index contributed by atoms with van der Waals surface area (Å²) in [5, 5.41) is 5.52. The molecule has 0 saturated heterocycles. The number of halogens is 4. The van der Waals surface area contributed by atoms with E-state index in [4.69, 9.17) is 11.6 Å². The molecule has 0 spiro atoms. The third-order valence-corrected chi connectivity index (χ3v) is 5.21. The lowest BCUT2D eigenvalue weighted by molar-refractivity contribution is -0.0608. The van der Waals surface area contributed by atoms with Crippen LogP contribution in [0.25, 0.3) is 0 Å². The molecule has 0 radical (unpaired) electrons. The van der Waals surface area contributed by atoms with E-state index in [0.717, 1.165) is 0 Å². The van der Waals surface area contributed by atoms with E-state index in [2.05, 4.69) is 5.10 Å². The molecule has 1 aliphatic rings. The first kappa shape index (κ1) is 20.2. The molecule has 0 fully saturated rings. The first-order valence-corrected chi connectivity index (χ1v) is 9.59. The molecule has 152 valence electrons. The summed E-state index contributed by atoms with van der Waals surface area (Å²) in [5.74, 6) is -1.73. The minimum Gasteiger partial charge on any atom is -0.292 e. The molecule has 3 nitrogen and oxygen atoms in total. The molecule has 1 aliphatic heterocycles. The number of benzene rings is 3. The number of rotatable bonds is 4. The summed E-state index contributed by atoms with van der Waals surface area (Å²) in [5.41, 5.74) is 0.0547. The van der Waals surface area contributed by atoms with Crippen molar-refractivity contribution in [1.82, 2.24) is 0 Å². The van der Waals surface area contributed by atoms with Crippen LogP contribution in [-0.2, 0) is 0 Å². The third kappa shape index (κ3) is 3.83. The maximum atomic E-state index is 14.0. The van der Waals surface area contributed by atoms with Gasteiger partial charge >= 0.3 is 6.18 Å². The van der Waals surface area contributed by atoms with Gasteiger partial charge in [0.2, 0.25) is 0 Å². The zero-order chi connectivity index (χ0) is 21.3. The van der Waals surface area contributed by atoms with Gasteiger partial charge in [0.25, 0.3) is 0 Å². The van der Waals surface area contributed by atoms with Crippen molar-refractivity contribution in [3.8, 4) is 0 Å². The standard InChI is InChI=1S/C23H16ClF3N2O/c24-17-13-11-16(12-14-17)21(30)20-19(15-7-3-1-4-8-15)22(23(25,26)27)28-29(20)18-9-5-2-6-10-18/h1-14,19-20H/t19-,20+/m1/s1. The van der Waals surface area contributed by atoms with Crippen LogP contribution in [0, 0.1) is 0 Å². The summed E-state index contributed by atoms with van der Waals surface area (Å²) < 4.78 is 42.0. The van der Waals surface area contributed by atoms with Gasteiger partial charge in [0.1, 0.15) is 6.04 Å². The molecule has 7 heteroatoms. The van der Waals surface area contributed by atoms with Gasteiger partial charge in [0, 0.05) is 10.6 Å². The molecule has 3 aromatic rings. The highest BCUT2D eigenvalue weighted by molar-refractivity contribution is 6.30. The van der Waals surface area contributed by atoms with Crippen molar-refractivity contribution in [2.75, 3.05) is 5.01 Å². The number of hydrogen-bond donors (Lipinski definition) is 0. The van der Waals surface area contributed by atoms with Gasteiger partial charge in [-0.15, -0.1) is 0 Å². The lowest BCUT2D eigenvalue weighted by Gasteiger charge is -2.27. The van der Waals surface area contributed by atoms with Crippen molar-refractivity contribution < 1.29 is 18.0 Å². The number of para-hydroxylation sites is 1. The molecule has 0 saturated carbocycles. The zero-order valence-electron chi connectivity index (χ0n) is 15.6. The van der Waals surface area contributed by atoms with Crippen molar-refractivity contribution in [3.63, 3.8) is 0 Å². The Kier molecular flexibility index (Phi) is 5.35. The second-order valence-electron chi connectivity index (χ2n) is 6.87. The maximum absolute atomic E-state index is 14.0. The van der Waals surface area contributed by atoms with E-state index in [1.165, 1.54) is 17.1 Å². The summed E-state index contributed by atoms with van der Waals surface area (Å²) in [6, 6.07) is 21.5. The van der Waals surface area contributed by atoms with Crippen LogP contribution in [0.3, 0.4) is 0 Å². The molecule has 0 unspecified atom stereocenters. The van der Waals surface area contributed by atoms with E-state index in [1.807, 2.05) is 0 Å². The van der Waals surface area contributed by atoms with Gasteiger partial charge in [-0.05, 0) is 42.0 Å². The monoisotopic (exact) mass is 428 g/mol. The molecule has 0 N–H and O–H groups in total. The van der Waals surface area contributed by atoms with Gasteiger partial charge in [0.05, 0.1) is 11.6 Å². The number of nitrogens with zero attached hydrogens (tertiary/aromatic N) is 2. The van der Waals surface area contributed by atoms with E-state index < -0.39 is 29.6 Å². The largest absolute Gasteiger partial charge is 0.431 e. The van der Waals surface area contributed by atoms with Crippen LogP contribution in [0.4, 0.5) is 18.9 Å². The highest BCUT2D eigenvalue weighted by Gasteiger charge is 2.53. The van der Waals surface area contributed by atoms with Crippen molar-refractivity contribution in [1.29, 1.82) is 0 Å². The van der Waals surface area contributed by atoms with Crippen LogP contribution in [0.15, 0.2) is 90.0 Å². The van der Waals surface area contributed by atoms with Gasteiger partial charge < -0.3 is 0 Å². The highest BCUT2D eigenvalue weighted by Crippen LogP contribution is 2.41. The van der Waals surface area contributed by atoms with Crippen molar-refractivity contribution in [3.05, 3.63) is 101 Å². The normalized spacial score (nSPS) is 18.9. The molecule has 2 atom stereocenters. The Bertz CT molecular complexity index is 1070. The van der Waals surface area contributed by atoms with Crippen LogP contribution in [0.1, 0.15) is 21.8 Å². The second-order valence-corrected chi connectivity index (χ2v) is 7.30. The Balaban J connectivity index is 1.88. The number of hydrogen-bond acceptors (Lipinski definition) is 3. The van der Waals surface area contributed by atoms with E-state index in [-0.39, 0.29) is 5.56 Å². The molecular weight excluding hydrogens is 413 g/mol. The average molecular weight is 429 g/mol. The molecule has 0 aromatic heterocycles. The Labute approximate surface area is 176 Å².